The Morgan fingerprint density at radius 1 is 1.39 bits per heavy atom. The third-order valence-electron chi connectivity index (χ3n) is 2.58. The Hall–Kier alpha value is -1.20. The van der Waals surface area contributed by atoms with E-state index >= 15 is 0 Å². The van der Waals surface area contributed by atoms with Gasteiger partial charge in [-0.3, -0.25) is 5.10 Å². The molecule has 2 rings (SSSR count). The molecule has 2 aromatic rings. The van der Waals surface area contributed by atoms with E-state index in [4.69, 9.17) is 0 Å². The molecule has 0 atom stereocenters. The molecule has 0 saturated carbocycles. The van der Waals surface area contributed by atoms with Crippen LogP contribution >= 0.6 is 15.9 Å². The lowest BCUT2D eigenvalue weighted by atomic mass is 10.1. The molecular weight excluding hydrogens is 297 g/mol. The number of hydrogen-bond donors (Lipinski definition) is 2. The lowest BCUT2D eigenvalue weighted by molar-refractivity contribution is 0.630. The van der Waals surface area contributed by atoms with Crippen molar-refractivity contribution in [3.8, 4) is 11.3 Å². The Morgan fingerprint density at radius 2 is 2.22 bits per heavy atom. The lowest BCUT2D eigenvalue weighted by Crippen LogP contribution is -2.13. The predicted molar refractivity (Wildman–Crippen MR) is 73.7 cm³/mol. The zero-order valence-electron chi connectivity index (χ0n) is 10.1. The van der Waals surface area contributed by atoms with Gasteiger partial charge < -0.3 is 5.32 Å². The van der Waals surface area contributed by atoms with Gasteiger partial charge in [-0.15, -0.1) is 0 Å². The van der Waals surface area contributed by atoms with Crippen LogP contribution in [0, 0.1) is 5.82 Å². The van der Waals surface area contributed by atoms with E-state index in [2.05, 4.69) is 38.4 Å². The first-order valence-electron chi connectivity index (χ1n) is 5.91. The minimum atomic E-state index is -0.274. The van der Waals surface area contributed by atoms with E-state index in [9.17, 15) is 4.39 Å². The Bertz CT molecular complexity index is 525. The molecule has 1 aromatic carbocycles. The van der Waals surface area contributed by atoms with E-state index in [0.717, 1.165) is 29.7 Å². The smallest absolute Gasteiger partial charge is 0.133 e. The molecule has 2 N–H and O–H groups in total. The van der Waals surface area contributed by atoms with Crippen LogP contribution in [0.5, 0.6) is 0 Å². The first-order valence-corrected chi connectivity index (χ1v) is 6.70. The Balaban J connectivity index is 2.13. The Morgan fingerprint density at radius 3 is 2.94 bits per heavy atom. The fourth-order valence-corrected chi connectivity index (χ4v) is 2.02. The normalized spacial score (nSPS) is 10.8. The summed E-state index contributed by atoms with van der Waals surface area (Å²) in [5.74, 6) is -0.274. The molecule has 0 aliphatic rings. The van der Waals surface area contributed by atoms with Gasteiger partial charge in [-0.05, 0) is 37.2 Å². The second-order valence-electron chi connectivity index (χ2n) is 4.08. The van der Waals surface area contributed by atoms with Crippen molar-refractivity contribution in [2.45, 2.75) is 19.9 Å². The van der Waals surface area contributed by atoms with Crippen molar-refractivity contribution >= 4 is 15.9 Å². The molecule has 5 heteroatoms. The highest BCUT2D eigenvalue weighted by molar-refractivity contribution is 9.10. The van der Waals surface area contributed by atoms with E-state index in [-0.39, 0.29) is 5.82 Å². The van der Waals surface area contributed by atoms with Gasteiger partial charge in [0.15, 0.2) is 0 Å². The molecule has 0 aliphatic carbocycles. The monoisotopic (exact) mass is 311 g/mol. The number of halogens is 2. The quantitative estimate of drug-likeness (QED) is 0.830. The topological polar surface area (TPSA) is 40.7 Å². The molecule has 0 spiro atoms. The first kappa shape index (κ1) is 13.2. The van der Waals surface area contributed by atoms with Crippen LogP contribution in [0.15, 0.2) is 28.7 Å². The van der Waals surface area contributed by atoms with Crippen LogP contribution < -0.4 is 5.32 Å². The molecule has 18 heavy (non-hydrogen) atoms. The summed E-state index contributed by atoms with van der Waals surface area (Å²) in [5.41, 5.74) is 2.10. The SMILES string of the molecule is CCCNCc1cc(-c2ccc(Br)cc2F)n[nH]1. The van der Waals surface area contributed by atoms with Crippen LogP contribution in [0.3, 0.4) is 0 Å². The fourth-order valence-electron chi connectivity index (χ4n) is 1.69. The molecule has 0 radical (unpaired) electrons. The second-order valence-corrected chi connectivity index (χ2v) is 5.00. The van der Waals surface area contributed by atoms with Crippen molar-refractivity contribution < 1.29 is 4.39 Å². The lowest BCUT2D eigenvalue weighted by Gasteiger charge is -1.99. The van der Waals surface area contributed by atoms with Crippen LogP contribution in [0.1, 0.15) is 19.0 Å². The molecular formula is C13H15BrFN3. The number of aromatic nitrogens is 2. The Labute approximate surface area is 114 Å². The molecule has 3 nitrogen and oxygen atoms in total. The van der Waals surface area contributed by atoms with E-state index in [1.54, 1.807) is 6.07 Å². The number of benzene rings is 1. The van der Waals surface area contributed by atoms with Crippen LogP contribution in [0.4, 0.5) is 4.39 Å². The van der Waals surface area contributed by atoms with E-state index in [1.165, 1.54) is 6.07 Å². The maximum atomic E-state index is 13.8. The van der Waals surface area contributed by atoms with Gasteiger partial charge in [-0.25, -0.2) is 4.39 Å². The number of aromatic amines is 1. The zero-order chi connectivity index (χ0) is 13.0. The zero-order valence-corrected chi connectivity index (χ0v) is 11.7. The summed E-state index contributed by atoms with van der Waals surface area (Å²) in [6.45, 7) is 3.79. The average Bonchev–Trinajstić information content (AvgIpc) is 2.78. The number of hydrogen-bond acceptors (Lipinski definition) is 2. The summed E-state index contributed by atoms with van der Waals surface area (Å²) in [7, 11) is 0. The van der Waals surface area contributed by atoms with Crippen molar-refractivity contribution in [2.24, 2.45) is 0 Å². The van der Waals surface area contributed by atoms with Gasteiger partial charge in [0.05, 0.1) is 5.69 Å². The fraction of sp³-hybridized carbons (Fsp3) is 0.308. The van der Waals surface area contributed by atoms with Gasteiger partial charge in [0, 0.05) is 22.3 Å². The van der Waals surface area contributed by atoms with Crippen LogP contribution in [0.2, 0.25) is 0 Å². The maximum absolute atomic E-state index is 13.8. The van der Waals surface area contributed by atoms with Crippen LogP contribution in [0.25, 0.3) is 11.3 Å². The highest BCUT2D eigenvalue weighted by Gasteiger charge is 2.09. The minimum Gasteiger partial charge on any atom is -0.311 e. The molecule has 0 unspecified atom stereocenters. The van der Waals surface area contributed by atoms with Crippen molar-refractivity contribution in [2.75, 3.05) is 6.54 Å². The molecule has 0 fully saturated rings. The van der Waals surface area contributed by atoms with E-state index in [1.807, 2.05) is 12.1 Å². The van der Waals surface area contributed by atoms with Crippen molar-refractivity contribution in [1.82, 2.24) is 15.5 Å². The Kier molecular flexibility index (Phi) is 4.49. The van der Waals surface area contributed by atoms with Crippen molar-refractivity contribution in [1.29, 1.82) is 0 Å². The first-order chi connectivity index (χ1) is 8.70. The highest BCUT2D eigenvalue weighted by atomic mass is 79.9. The average molecular weight is 312 g/mol. The van der Waals surface area contributed by atoms with Gasteiger partial charge in [-0.1, -0.05) is 22.9 Å². The molecule has 0 amide bonds. The minimum absolute atomic E-state index is 0.274. The maximum Gasteiger partial charge on any atom is 0.133 e. The number of nitrogens with zero attached hydrogens (tertiary/aromatic N) is 1. The molecule has 0 aliphatic heterocycles. The summed E-state index contributed by atoms with van der Waals surface area (Å²) in [6.07, 6.45) is 1.09. The van der Waals surface area contributed by atoms with Gasteiger partial charge in [0.1, 0.15) is 5.82 Å². The van der Waals surface area contributed by atoms with Gasteiger partial charge in [0.25, 0.3) is 0 Å². The molecule has 96 valence electrons. The van der Waals surface area contributed by atoms with Crippen LogP contribution in [-0.4, -0.2) is 16.7 Å². The van der Waals surface area contributed by atoms with Gasteiger partial charge >= 0.3 is 0 Å². The van der Waals surface area contributed by atoms with E-state index < -0.39 is 0 Å². The molecule has 0 saturated heterocycles. The highest BCUT2D eigenvalue weighted by Crippen LogP contribution is 2.24. The van der Waals surface area contributed by atoms with Crippen LogP contribution in [-0.2, 0) is 6.54 Å². The summed E-state index contributed by atoms with van der Waals surface area (Å²) >= 11 is 3.24. The summed E-state index contributed by atoms with van der Waals surface area (Å²) in [5, 5.41) is 10.3. The molecule has 0 bridgehead atoms. The number of H-pyrrole nitrogens is 1. The standard InChI is InChI=1S/C13H15BrFN3/c1-2-5-16-8-10-7-13(18-17-10)11-4-3-9(14)6-12(11)15/h3-4,6-7,16H,2,5,8H2,1H3,(H,17,18). The van der Waals surface area contributed by atoms with Gasteiger partial charge in [-0.2, -0.15) is 5.10 Å². The van der Waals surface area contributed by atoms with Crippen molar-refractivity contribution in [3.05, 3.63) is 40.2 Å². The third kappa shape index (κ3) is 3.17. The summed E-state index contributed by atoms with van der Waals surface area (Å²) in [4.78, 5) is 0. The summed E-state index contributed by atoms with van der Waals surface area (Å²) in [6, 6.07) is 6.84. The predicted octanol–water partition coefficient (Wildman–Crippen LogP) is 3.48. The number of nitrogens with one attached hydrogen (secondary N) is 2. The molecule has 1 aromatic heterocycles. The second kappa shape index (κ2) is 6.11. The largest absolute Gasteiger partial charge is 0.311 e. The molecule has 1 heterocycles. The summed E-state index contributed by atoms with van der Waals surface area (Å²) < 4.78 is 14.5. The number of rotatable bonds is 5. The van der Waals surface area contributed by atoms with E-state index in [0.29, 0.717) is 11.3 Å². The third-order valence-corrected chi connectivity index (χ3v) is 3.07. The van der Waals surface area contributed by atoms with Gasteiger partial charge in [0.2, 0.25) is 0 Å². The van der Waals surface area contributed by atoms with Crippen molar-refractivity contribution in [3.63, 3.8) is 0 Å².